The first-order valence-corrected chi connectivity index (χ1v) is 8.67. The standard InChI is InChI=1S/C15H23NO4S/c1-12-4-6-15(7-5-12)21(17,18)20-11-14(16)9-13-3-2-8-19-10-13/h4-7,13-14H,2-3,8-11,16H2,1H3/t13-,14+/m1/s1. The van der Waals surface area contributed by atoms with Gasteiger partial charge in [0, 0.05) is 19.3 Å². The molecule has 2 rings (SSSR count). The molecule has 1 saturated heterocycles. The molecule has 0 unspecified atom stereocenters. The Balaban J connectivity index is 1.84. The molecule has 1 aromatic rings. The Morgan fingerprint density at radius 3 is 2.71 bits per heavy atom. The lowest BCUT2D eigenvalue weighted by Gasteiger charge is -2.24. The third kappa shape index (κ3) is 5.07. The van der Waals surface area contributed by atoms with E-state index in [1.165, 1.54) is 0 Å². The quantitative estimate of drug-likeness (QED) is 0.811. The maximum Gasteiger partial charge on any atom is 0.297 e. The normalized spacial score (nSPS) is 21.1. The Labute approximate surface area is 126 Å². The number of hydrogen-bond donors (Lipinski definition) is 1. The van der Waals surface area contributed by atoms with Crippen LogP contribution in [0.15, 0.2) is 29.2 Å². The van der Waals surface area contributed by atoms with E-state index in [1.807, 2.05) is 6.92 Å². The zero-order chi connectivity index (χ0) is 15.3. The van der Waals surface area contributed by atoms with Gasteiger partial charge in [-0.05, 0) is 44.2 Å². The van der Waals surface area contributed by atoms with Gasteiger partial charge in [0.2, 0.25) is 0 Å². The first kappa shape index (κ1) is 16.4. The number of nitrogens with two attached hydrogens (primary N) is 1. The van der Waals surface area contributed by atoms with Crippen molar-refractivity contribution in [2.75, 3.05) is 19.8 Å². The van der Waals surface area contributed by atoms with Gasteiger partial charge in [-0.2, -0.15) is 8.42 Å². The highest BCUT2D eigenvalue weighted by Crippen LogP contribution is 2.19. The Morgan fingerprint density at radius 1 is 1.38 bits per heavy atom. The summed E-state index contributed by atoms with van der Waals surface area (Å²) in [4.78, 5) is 0.168. The fourth-order valence-electron chi connectivity index (χ4n) is 2.44. The minimum Gasteiger partial charge on any atom is -0.381 e. The zero-order valence-corrected chi connectivity index (χ0v) is 13.1. The number of rotatable bonds is 6. The van der Waals surface area contributed by atoms with E-state index in [0.717, 1.165) is 31.4 Å². The Hall–Kier alpha value is -0.950. The van der Waals surface area contributed by atoms with Crippen LogP contribution in [0, 0.1) is 12.8 Å². The molecular formula is C15H23NO4S. The molecule has 2 atom stereocenters. The highest BCUT2D eigenvalue weighted by Gasteiger charge is 2.20. The summed E-state index contributed by atoms with van der Waals surface area (Å²) in [5.41, 5.74) is 6.97. The van der Waals surface area contributed by atoms with Crippen molar-refractivity contribution in [3.63, 3.8) is 0 Å². The average Bonchev–Trinajstić information content (AvgIpc) is 2.47. The zero-order valence-electron chi connectivity index (χ0n) is 12.3. The summed E-state index contributed by atoms with van der Waals surface area (Å²) in [6, 6.07) is 6.29. The van der Waals surface area contributed by atoms with E-state index in [9.17, 15) is 8.42 Å². The molecule has 0 aliphatic carbocycles. The predicted octanol–water partition coefficient (Wildman–Crippen LogP) is 1.84. The molecule has 0 radical (unpaired) electrons. The van der Waals surface area contributed by atoms with Crippen LogP contribution in [0.2, 0.25) is 0 Å². The number of aryl methyl sites for hydroxylation is 1. The van der Waals surface area contributed by atoms with Crippen molar-refractivity contribution in [2.24, 2.45) is 11.7 Å². The van der Waals surface area contributed by atoms with Gasteiger partial charge in [0.05, 0.1) is 11.5 Å². The van der Waals surface area contributed by atoms with Gasteiger partial charge in [0.25, 0.3) is 10.1 Å². The highest BCUT2D eigenvalue weighted by molar-refractivity contribution is 7.86. The lowest BCUT2D eigenvalue weighted by Crippen LogP contribution is -2.32. The summed E-state index contributed by atoms with van der Waals surface area (Å²) >= 11 is 0. The van der Waals surface area contributed by atoms with Gasteiger partial charge < -0.3 is 10.5 Å². The molecule has 0 saturated carbocycles. The molecule has 5 nitrogen and oxygen atoms in total. The van der Waals surface area contributed by atoms with E-state index < -0.39 is 10.1 Å². The van der Waals surface area contributed by atoms with Crippen LogP contribution < -0.4 is 5.73 Å². The molecule has 2 N–H and O–H groups in total. The molecule has 1 aliphatic rings. The average molecular weight is 313 g/mol. The van der Waals surface area contributed by atoms with Crippen LogP contribution in [-0.2, 0) is 19.0 Å². The highest BCUT2D eigenvalue weighted by atomic mass is 32.2. The van der Waals surface area contributed by atoms with E-state index in [1.54, 1.807) is 24.3 Å². The minimum atomic E-state index is -3.72. The molecular weight excluding hydrogens is 290 g/mol. The summed E-state index contributed by atoms with van der Waals surface area (Å²) in [7, 11) is -3.72. The first-order valence-electron chi connectivity index (χ1n) is 7.27. The van der Waals surface area contributed by atoms with Crippen LogP contribution >= 0.6 is 0 Å². The van der Waals surface area contributed by atoms with Crippen LogP contribution in [0.25, 0.3) is 0 Å². The molecule has 1 aromatic carbocycles. The lowest BCUT2D eigenvalue weighted by atomic mass is 9.95. The molecule has 118 valence electrons. The van der Waals surface area contributed by atoms with Gasteiger partial charge in [-0.25, -0.2) is 0 Å². The van der Waals surface area contributed by atoms with Crippen molar-refractivity contribution >= 4 is 10.1 Å². The van der Waals surface area contributed by atoms with Gasteiger partial charge in [-0.3, -0.25) is 4.18 Å². The van der Waals surface area contributed by atoms with Gasteiger partial charge in [0.15, 0.2) is 0 Å². The third-order valence-corrected chi connectivity index (χ3v) is 4.93. The van der Waals surface area contributed by atoms with Gasteiger partial charge >= 0.3 is 0 Å². The first-order chi connectivity index (χ1) is 9.97. The maximum absolute atomic E-state index is 12.0. The van der Waals surface area contributed by atoms with Crippen LogP contribution in [0.4, 0.5) is 0 Å². The summed E-state index contributed by atoms with van der Waals surface area (Å²) in [6.07, 6.45) is 2.85. The second kappa shape index (κ2) is 7.35. The van der Waals surface area contributed by atoms with Crippen LogP contribution in [0.3, 0.4) is 0 Å². The van der Waals surface area contributed by atoms with Crippen molar-refractivity contribution in [3.05, 3.63) is 29.8 Å². The van der Waals surface area contributed by atoms with Crippen molar-refractivity contribution in [1.29, 1.82) is 0 Å². The molecule has 6 heteroatoms. The smallest absolute Gasteiger partial charge is 0.297 e. The molecule has 21 heavy (non-hydrogen) atoms. The minimum absolute atomic E-state index is 0.00666. The van der Waals surface area contributed by atoms with Crippen LogP contribution in [-0.4, -0.2) is 34.3 Å². The Kier molecular flexibility index (Phi) is 5.75. The molecule has 0 amide bonds. The van der Waals surface area contributed by atoms with Crippen molar-refractivity contribution in [3.8, 4) is 0 Å². The molecule has 1 aliphatic heterocycles. The van der Waals surface area contributed by atoms with Crippen molar-refractivity contribution in [1.82, 2.24) is 0 Å². The molecule has 1 fully saturated rings. The molecule has 0 aromatic heterocycles. The molecule has 0 spiro atoms. The number of ether oxygens (including phenoxy) is 1. The summed E-state index contributed by atoms with van der Waals surface area (Å²) in [6.45, 7) is 3.43. The van der Waals surface area contributed by atoms with Gasteiger partial charge in [0.1, 0.15) is 0 Å². The van der Waals surface area contributed by atoms with E-state index >= 15 is 0 Å². The summed E-state index contributed by atoms with van der Waals surface area (Å²) < 4.78 is 34.5. The molecule has 1 heterocycles. The summed E-state index contributed by atoms with van der Waals surface area (Å²) in [5.74, 6) is 0.402. The fourth-order valence-corrected chi connectivity index (χ4v) is 3.40. The van der Waals surface area contributed by atoms with E-state index in [0.29, 0.717) is 12.5 Å². The monoisotopic (exact) mass is 313 g/mol. The van der Waals surface area contributed by atoms with E-state index in [2.05, 4.69) is 0 Å². The van der Waals surface area contributed by atoms with Crippen molar-refractivity contribution < 1.29 is 17.3 Å². The predicted molar refractivity (Wildman–Crippen MR) is 80.5 cm³/mol. The maximum atomic E-state index is 12.0. The largest absolute Gasteiger partial charge is 0.381 e. The second-order valence-electron chi connectivity index (χ2n) is 5.63. The van der Waals surface area contributed by atoms with Gasteiger partial charge in [-0.15, -0.1) is 0 Å². The van der Waals surface area contributed by atoms with E-state index in [-0.39, 0.29) is 17.5 Å². The van der Waals surface area contributed by atoms with Crippen molar-refractivity contribution in [2.45, 2.75) is 37.1 Å². The molecule has 0 bridgehead atoms. The summed E-state index contributed by atoms with van der Waals surface area (Å²) in [5, 5.41) is 0. The number of benzene rings is 1. The fraction of sp³-hybridized carbons (Fsp3) is 0.600. The van der Waals surface area contributed by atoms with Crippen LogP contribution in [0.1, 0.15) is 24.8 Å². The topological polar surface area (TPSA) is 78.6 Å². The Bertz CT molecular complexity index is 535. The SMILES string of the molecule is Cc1ccc(S(=O)(=O)OC[C@@H](N)C[C@H]2CCCOC2)cc1. The van der Waals surface area contributed by atoms with Crippen LogP contribution in [0.5, 0.6) is 0 Å². The second-order valence-corrected chi connectivity index (χ2v) is 7.25. The number of hydrogen-bond acceptors (Lipinski definition) is 5. The Morgan fingerprint density at radius 2 is 2.10 bits per heavy atom. The van der Waals surface area contributed by atoms with Gasteiger partial charge in [-0.1, -0.05) is 17.7 Å². The van der Waals surface area contributed by atoms with E-state index in [4.69, 9.17) is 14.7 Å². The lowest BCUT2D eigenvalue weighted by molar-refractivity contribution is 0.0472. The third-order valence-electron chi connectivity index (χ3n) is 3.64.